The molecule has 1 aliphatic carbocycles. The number of anilines is 1. The van der Waals surface area contributed by atoms with Crippen molar-refractivity contribution in [3.05, 3.63) is 54.5 Å². The highest BCUT2D eigenvalue weighted by atomic mass is 16.3. The molecule has 7 nitrogen and oxygen atoms in total. The van der Waals surface area contributed by atoms with E-state index in [1.807, 2.05) is 54.4 Å². The Hall–Kier alpha value is -2.80. The van der Waals surface area contributed by atoms with Crippen LogP contribution in [0.1, 0.15) is 31.4 Å². The van der Waals surface area contributed by atoms with Crippen LogP contribution >= 0.6 is 0 Å². The number of nitrogens with zero attached hydrogens (tertiary/aromatic N) is 3. The lowest BCUT2D eigenvalue weighted by Gasteiger charge is -2.41. The van der Waals surface area contributed by atoms with Gasteiger partial charge in [-0.3, -0.25) is 9.69 Å². The van der Waals surface area contributed by atoms with Gasteiger partial charge in [0.1, 0.15) is 5.76 Å². The van der Waals surface area contributed by atoms with Gasteiger partial charge in [0.25, 0.3) is 0 Å². The summed E-state index contributed by atoms with van der Waals surface area (Å²) in [5, 5.41) is 2.96. The summed E-state index contributed by atoms with van der Waals surface area (Å²) in [7, 11) is 1.86. The van der Waals surface area contributed by atoms with Crippen LogP contribution in [0, 0.1) is 5.92 Å². The molecular weight excluding hydrogens is 392 g/mol. The Morgan fingerprint density at radius 3 is 2.42 bits per heavy atom. The summed E-state index contributed by atoms with van der Waals surface area (Å²) < 4.78 is 5.44. The van der Waals surface area contributed by atoms with E-state index >= 15 is 0 Å². The number of piperazine rings is 1. The molecule has 2 aromatic rings. The Balaban J connectivity index is 1.37. The maximum absolute atomic E-state index is 13.5. The van der Waals surface area contributed by atoms with E-state index in [1.54, 1.807) is 11.2 Å². The van der Waals surface area contributed by atoms with Gasteiger partial charge in [-0.2, -0.15) is 0 Å². The van der Waals surface area contributed by atoms with Gasteiger partial charge in [0.2, 0.25) is 5.91 Å². The Labute approximate surface area is 184 Å². The smallest absolute Gasteiger partial charge is 0.321 e. The maximum atomic E-state index is 13.5. The molecule has 0 unspecified atom stereocenters. The van der Waals surface area contributed by atoms with Crippen LogP contribution in [0.15, 0.2) is 53.1 Å². The van der Waals surface area contributed by atoms with Gasteiger partial charge in [0.15, 0.2) is 0 Å². The minimum atomic E-state index is -0.123. The van der Waals surface area contributed by atoms with Crippen LogP contribution in [-0.2, 0) is 11.3 Å². The molecular formula is C24H32N4O3. The molecule has 1 N–H and O–H groups in total. The summed E-state index contributed by atoms with van der Waals surface area (Å²) >= 11 is 0. The molecule has 166 valence electrons. The van der Waals surface area contributed by atoms with E-state index in [4.69, 9.17) is 4.42 Å². The molecule has 2 heterocycles. The van der Waals surface area contributed by atoms with E-state index in [-0.39, 0.29) is 18.0 Å². The molecule has 2 fully saturated rings. The summed E-state index contributed by atoms with van der Waals surface area (Å²) in [5.41, 5.74) is 0.800. The number of hydrogen-bond acceptors (Lipinski definition) is 4. The van der Waals surface area contributed by atoms with E-state index in [9.17, 15) is 9.59 Å². The summed E-state index contributed by atoms with van der Waals surface area (Å²) in [6, 6.07) is 13.1. The second kappa shape index (κ2) is 10.0. The van der Waals surface area contributed by atoms with E-state index in [0.29, 0.717) is 38.6 Å². The highest BCUT2D eigenvalue weighted by Gasteiger charge is 2.38. The number of nitrogens with one attached hydrogen (secondary N) is 1. The van der Waals surface area contributed by atoms with Crippen LogP contribution in [0.2, 0.25) is 0 Å². The van der Waals surface area contributed by atoms with Gasteiger partial charge >= 0.3 is 6.03 Å². The number of likely N-dealkylation sites (N-methyl/N-ethyl adjacent to an activating group) is 1. The molecule has 1 aliphatic heterocycles. The van der Waals surface area contributed by atoms with Crippen LogP contribution < -0.4 is 5.32 Å². The van der Waals surface area contributed by atoms with Crippen LogP contribution in [0.4, 0.5) is 10.5 Å². The number of rotatable bonds is 6. The highest BCUT2D eigenvalue weighted by Crippen LogP contribution is 2.32. The molecule has 1 aromatic carbocycles. The number of carbonyl (C=O) groups excluding carboxylic acids is 2. The van der Waals surface area contributed by atoms with Gasteiger partial charge < -0.3 is 19.5 Å². The standard InChI is InChI=1S/C24H32N4O3/c1-26(18-21-12-7-17-31-21)23(29)22(19-8-5-6-9-19)27-13-15-28(16-14-27)24(30)25-20-10-3-2-4-11-20/h2-4,7,10-12,17,19,22H,5-6,8-9,13-16,18H2,1H3,(H,25,30)/t22-/m1/s1. The van der Waals surface area contributed by atoms with Crippen LogP contribution in [0.5, 0.6) is 0 Å². The predicted molar refractivity (Wildman–Crippen MR) is 120 cm³/mol. The fourth-order valence-electron chi connectivity index (χ4n) is 4.80. The summed E-state index contributed by atoms with van der Waals surface area (Å²) in [6.45, 7) is 3.15. The van der Waals surface area contributed by atoms with E-state index in [2.05, 4.69) is 10.2 Å². The quantitative estimate of drug-likeness (QED) is 0.769. The lowest BCUT2D eigenvalue weighted by Crippen LogP contribution is -2.58. The van der Waals surface area contributed by atoms with Crippen LogP contribution in [-0.4, -0.2) is 65.9 Å². The van der Waals surface area contributed by atoms with Gasteiger partial charge in [-0.05, 0) is 43.0 Å². The van der Waals surface area contributed by atoms with Crippen molar-refractivity contribution in [3.63, 3.8) is 0 Å². The average Bonchev–Trinajstić information content (AvgIpc) is 3.50. The molecule has 7 heteroatoms. The van der Waals surface area contributed by atoms with Crippen molar-refractivity contribution in [1.29, 1.82) is 0 Å². The zero-order valence-corrected chi connectivity index (χ0v) is 18.2. The first-order chi connectivity index (χ1) is 15.1. The van der Waals surface area contributed by atoms with Crippen molar-refractivity contribution >= 4 is 17.6 Å². The molecule has 0 radical (unpaired) electrons. The fourth-order valence-corrected chi connectivity index (χ4v) is 4.80. The van der Waals surface area contributed by atoms with Gasteiger partial charge in [0, 0.05) is 38.9 Å². The Bertz CT molecular complexity index is 841. The molecule has 4 rings (SSSR count). The van der Waals surface area contributed by atoms with Crippen molar-refractivity contribution in [2.45, 2.75) is 38.3 Å². The maximum Gasteiger partial charge on any atom is 0.321 e. The second-order valence-corrected chi connectivity index (χ2v) is 8.58. The predicted octanol–water partition coefficient (Wildman–Crippen LogP) is 3.65. The van der Waals surface area contributed by atoms with Crippen LogP contribution in [0.3, 0.4) is 0 Å². The molecule has 1 atom stereocenters. The van der Waals surface area contributed by atoms with Gasteiger partial charge in [-0.1, -0.05) is 31.0 Å². The SMILES string of the molecule is CN(Cc1ccco1)C(=O)[C@@H](C1CCCC1)N1CCN(C(=O)Nc2ccccc2)CC1. The number of para-hydroxylation sites is 1. The largest absolute Gasteiger partial charge is 0.467 e. The molecule has 1 aromatic heterocycles. The van der Waals surface area contributed by atoms with Gasteiger partial charge in [-0.15, -0.1) is 0 Å². The van der Waals surface area contributed by atoms with E-state index in [0.717, 1.165) is 24.3 Å². The summed E-state index contributed by atoms with van der Waals surface area (Å²) in [6.07, 6.45) is 6.22. The third-order valence-corrected chi connectivity index (χ3v) is 6.47. The Kier molecular flexibility index (Phi) is 6.92. The number of benzene rings is 1. The topological polar surface area (TPSA) is 69.0 Å². The Morgan fingerprint density at radius 2 is 1.77 bits per heavy atom. The van der Waals surface area contributed by atoms with E-state index in [1.165, 1.54) is 12.8 Å². The lowest BCUT2D eigenvalue weighted by atomic mass is 9.94. The third-order valence-electron chi connectivity index (χ3n) is 6.47. The number of amides is 3. The first-order valence-electron chi connectivity index (χ1n) is 11.2. The zero-order valence-electron chi connectivity index (χ0n) is 18.2. The molecule has 31 heavy (non-hydrogen) atoms. The monoisotopic (exact) mass is 424 g/mol. The number of carbonyl (C=O) groups is 2. The van der Waals surface area contributed by atoms with Crippen molar-refractivity contribution in [2.75, 3.05) is 38.5 Å². The third kappa shape index (κ3) is 5.28. The first kappa shape index (κ1) is 21.4. The molecule has 3 amide bonds. The van der Waals surface area contributed by atoms with Gasteiger partial charge in [-0.25, -0.2) is 4.79 Å². The number of urea groups is 1. The minimum Gasteiger partial charge on any atom is -0.467 e. The molecule has 0 bridgehead atoms. The van der Waals surface area contributed by atoms with Gasteiger partial charge in [0.05, 0.1) is 18.8 Å². The Morgan fingerprint density at radius 1 is 1.06 bits per heavy atom. The normalized spacial score (nSPS) is 18.7. The number of hydrogen-bond donors (Lipinski definition) is 1. The summed E-state index contributed by atoms with van der Waals surface area (Å²) in [5.74, 6) is 1.34. The fraction of sp³-hybridized carbons (Fsp3) is 0.500. The molecule has 1 saturated heterocycles. The van der Waals surface area contributed by atoms with Crippen molar-refractivity contribution in [2.24, 2.45) is 5.92 Å². The molecule has 0 spiro atoms. The van der Waals surface area contributed by atoms with Crippen molar-refractivity contribution < 1.29 is 14.0 Å². The molecule has 1 saturated carbocycles. The summed E-state index contributed by atoms with van der Waals surface area (Å²) in [4.78, 5) is 32.0. The zero-order chi connectivity index (χ0) is 21.6. The minimum absolute atomic E-state index is 0.0791. The first-order valence-corrected chi connectivity index (χ1v) is 11.2. The van der Waals surface area contributed by atoms with E-state index < -0.39 is 0 Å². The molecule has 2 aliphatic rings. The average molecular weight is 425 g/mol. The highest BCUT2D eigenvalue weighted by molar-refractivity contribution is 5.89. The number of furan rings is 1. The van der Waals surface area contributed by atoms with Crippen molar-refractivity contribution in [3.8, 4) is 0 Å². The second-order valence-electron chi connectivity index (χ2n) is 8.58. The lowest BCUT2D eigenvalue weighted by molar-refractivity contribution is -0.139. The van der Waals surface area contributed by atoms with Crippen LogP contribution in [0.25, 0.3) is 0 Å². The van der Waals surface area contributed by atoms with Crippen molar-refractivity contribution in [1.82, 2.24) is 14.7 Å².